The Morgan fingerprint density at radius 1 is 1.00 bits per heavy atom. The monoisotopic (exact) mass is 424 g/mol. The van der Waals surface area contributed by atoms with Crippen LogP contribution in [-0.2, 0) is 4.79 Å². The summed E-state index contributed by atoms with van der Waals surface area (Å²) in [7, 11) is 0. The fourth-order valence-electron chi connectivity index (χ4n) is 2.68. The van der Waals surface area contributed by atoms with Crippen molar-refractivity contribution in [1.29, 1.82) is 0 Å². The van der Waals surface area contributed by atoms with Crippen molar-refractivity contribution in [3.05, 3.63) is 33.3 Å². The van der Waals surface area contributed by atoms with E-state index in [1.165, 1.54) is 12.1 Å². The molecule has 0 N–H and O–H groups in total. The normalized spacial score (nSPS) is 14.6. The van der Waals surface area contributed by atoms with Gasteiger partial charge in [-0.1, -0.05) is 44.0 Å². The first-order chi connectivity index (χ1) is 12.2. The highest BCUT2D eigenvalue weighted by atomic mass is 35.5. The summed E-state index contributed by atoms with van der Waals surface area (Å²) in [6, 6.07) is 2.40. The zero-order valence-corrected chi connectivity index (χ0v) is 16.3. The molecule has 0 aromatic heterocycles. The third kappa shape index (κ3) is 5.13. The number of alkyl halides is 3. The number of hydrogen-bond acceptors (Lipinski definition) is 3. The third-order valence-corrected chi connectivity index (χ3v) is 4.42. The number of carbonyl (C=O) groups excluding carboxylic acids is 3. The lowest BCUT2D eigenvalue weighted by molar-refractivity contribution is -0.163. The van der Waals surface area contributed by atoms with Crippen molar-refractivity contribution in [1.82, 2.24) is 9.80 Å². The zero-order chi connectivity index (χ0) is 20.7. The molecule has 0 aliphatic carbocycles. The first-order valence-corrected chi connectivity index (χ1v) is 8.65. The minimum atomic E-state index is -4.61. The van der Waals surface area contributed by atoms with Crippen LogP contribution in [0.2, 0.25) is 10.0 Å². The standard InChI is InChI=1S/C17H17Cl2F3N2O3/c1-16(2,3)7-23(8-17(20,21)22)13(25)6-24-14(26)9-4-11(18)12(19)5-10(9)15(24)27/h4-5H,6-8H2,1-3H3. The lowest BCUT2D eigenvalue weighted by Gasteiger charge is -2.31. The Hall–Kier alpha value is -1.80. The molecule has 0 spiro atoms. The SMILES string of the molecule is CC(C)(C)CN(CC(F)(F)F)C(=O)CN1C(=O)c2cc(Cl)c(Cl)cc2C1=O. The van der Waals surface area contributed by atoms with E-state index in [0.717, 1.165) is 0 Å². The fourth-order valence-corrected chi connectivity index (χ4v) is 3.01. The smallest absolute Gasteiger partial charge is 0.332 e. The highest BCUT2D eigenvalue weighted by Gasteiger charge is 2.40. The van der Waals surface area contributed by atoms with Gasteiger partial charge in [0.15, 0.2) is 0 Å². The van der Waals surface area contributed by atoms with Gasteiger partial charge in [0, 0.05) is 6.54 Å². The van der Waals surface area contributed by atoms with E-state index in [1.54, 1.807) is 20.8 Å². The van der Waals surface area contributed by atoms with Gasteiger partial charge < -0.3 is 4.90 Å². The summed E-state index contributed by atoms with van der Waals surface area (Å²) < 4.78 is 38.5. The van der Waals surface area contributed by atoms with Crippen molar-refractivity contribution in [3.8, 4) is 0 Å². The number of halogens is 5. The van der Waals surface area contributed by atoms with Crippen molar-refractivity contribution in [2.45, 2.75) is 26.9 Å². The summed E-state index contributed by atoms with van der Waals surface area (Å²) in [6.07, 6.45) is -4.61. The van der Waals surface area contributed by atoms with E-state index in [9.17, 15) is 27.6 Å². The van der Waals surface area contributed by atoms with Gasteiger partial charge >= 0.3 is 6.18 Å². The molecule has 2 rings (SSSR count). The van der Waals surface area contributed by atoms with Gasteiger partial charge in [-0.25, -0.2) is 0 Å². The topological polar surface area (TPSA) is 57.7 Å². The van der Waals surface area contributed by atoms with Crippen LogP contribution in [0, 0.1) is 5.41 Å². The van der Waals surface area contributed by atoms with Crippen LogP contribution in [0.3, 0.4) is 0 Å². The van der Waals surface area contributed by atoms with Crippen molar-refractivity contribution >= 4 is 40.9 Å². The average Bonchev–Trinajstić information content (AvgIpc) is 2.69. The largest absolute Gasteiger partial charge is 0.406 e. The first-order valence-electron chi connectivity index (χ1n) is 7.89. The van der Waals surface area contributed by atoms with Crippen LogP contribution < -0.4 is 0 Å². The number of carbonyl (C=O) groups is 3. The molecule has 3 amide bonds. The van der Waals surface area contributed by atoms with Crippen molar-refractivity contribution in [3.63, 3.8) is 0 Å². The number of benzene rings is 1. The molecule has 0 radical (unpaired) electrons. The molecule has 0 bridgehead atoms. The minimum Gasteiger partial charge on any atom is -0.332 e. The molecule has 0 fully saturated rings. The summed E-state index contributed by atoms with van der Waals surface area (Å²) in [4.78, 5) is 38.5. The maximum atomic E-state index is 12.8. The van der Waals surface area contributed by atoms with Crippen LogP contribution in [0.1, 0.15) is 41.5 Å². The van der Waals surface area contributed by atoms with Gasteiger partial charge in [0.2, 0.25) is 5.91 Å². The van der Waals surface area contributed by atoms with Crippen LogP contribution in [0.4, 0.5) is 13.2 Å². The molecular formula is C17H17Cl2F3N2O3. The van der Waals surface area contributed by atoms with Crippen molar-refractivity contribution in [2.75, 3.05) is 19.6 Å². The third-order valence-electron chi connectivity index (χ3n) is 3.69. The molecule has 1 aliphatic heterocycles. The second kappa shape index (κ2) is 7.31. The molecule has 0 unspecified atom stereocenters. The predicted octanol–water partition coefficient (Wildman–Crippen LogP) is 4.03. The Morgan fingerprint density at radius 3 is 1.81 bits per heavy atom. The van der Waals surface area contributed by atoms with Crippen LogP contribution in [0.15, 0.2) is 12.1 Å². The van der Waals surface area contributed by atoms with Crippen molar-refractivity contribution < 1.29 is 27.6 Å². The zero-order valence-electron chi connectivity index (χ0n) is 14.8. The lowest BCUT2D eigenvalue weighted by Crippen LogP contribution is -2.48. The van der Waals surface area contributed by atoms with E-state index in [2.05, 4.69) is 0 Å². The number of fused-ring (bicyclic) bond motifs is 1. The Morgan fingerprint density at radius 2 is 1.44 bits per heavy atom. The van der Waals surface area contributed by atoms with Crippen molar-refractivity contribution in [2.24, 2.45) is 5.41 Å². The number of hydrogen-bond donors (Lipinski definition) is 0. The lowest BCUT2D eigenvalue weighted by atomic mass is 9.96. The molecule has 1 aromatic carbocycles. The van der Waals surface area contributed by atoms with Gasteiger partial charge in [-0.15, -0.1) is 0 Å². The molecule has 0 atom stereocenters. The van der Waals surface area contributed by atoms with E-state index in [0.29, 0.717) is 9.80 Å². The molecule has 0 saturated carbocycles. The molecular weight excluding hydrogens is 408 g/mol. The van der Waals surface area contributed by atoms with E-state index in [-0.39, 0.29) is 27.7 Å². The molecule has 148 valence electrons. The molecule has 5 nitrogen and oxygen atoms in total. The van der Waals surface area contributed by atoms with Gasteiger partial charge in [0.1, 0.15) is 13.1 Å². The second-order valence-corrected chi connectivity index (χ2v) is 8.25. The van der Waals surface area contributed by atoms with Crippen LogP contribution in [0.25, 0.3) is 0 Å². The maximum absolute atomic E-state index is 12.8. The quantitative estimate of drug-likeness (QED) is 0.685. The summed E-state index contributed by atoms with van der Waals surface area (Å²) in [5.41, 5.74) is -0.690. The van der Waals surface area contributed by atoms with Gasteiger partial charge in [-0.3, -0.25) is 19.3 Å². The summed E-state index contributed by atoms with van der Waals surface area (Å²) in [5.74, 6) is -2.58. The number of amides is 3. The van der Waals surface area contributed by atoms with E-state index in [1.807, 2.05) is 0 Å². The molecule has 1 aliphatic rings. The molecule has 0 saturated heterocycles. The Bertz CT molecular complexity index is 747. The average molecular weight is 425 g/mol. The van der Waals surface area contributed by atoms with Gasteiger partial charge in [0.25, 0.3) is 11.8 Å². The van der Waals surface area contributed by atoms with Crippen LogP contribution >= 0.6 is 23.2 Å². The van der Waals surface area contributed by atoms with E-state index < -0.39 is 42.4 Å². The van der Waals surface area contributed by atoms with Gasteiger partial charge in [-0.05, 0) is 17.5 Å². The fraction of sp³-hybridized carbons (Fsp3) is 0.471. The first kappa shape index (κ1) is 21.5. The van der Waals surface area contributed by atoms with Crippen LogP contribution in [0.5, 0.6) is 0 Å². The van der Waals surface area contributed by atoms with Gasteiger partial charge in [0.05, 0.1) is 21.2 Å². The molecule has 1 heterocycles. The highest BCUT2D eigenvalue weighted by Crippen LogP contribution is 2.31. The molecule has 10 heteroatoms. The van der Waals surface area contributed by atoms with E-state index in [4.69, 9.17) is 23.2 Å². The minimum absolute atomic E-state index is 0.0413. The summed E-state index contributed by atoms with van der Waals surface area (Å²) in [6.45, 7) is 2.57. The summed E-state index contributed by atoms with van der Waals surface area (Å²) in [5, 5.41) is 0.104. The number of nitrogens with zero attached hydrogens (tertiary/aromatic N) is 2. The highest BCUT2D eigenvalue weighted by molar-refractivity contribution is 6.43. The Kier molecular flexibility index (Phi) is 5.82. The predicted molar refractivity (Wildman–Crippen MR) is 93.9 cm³/mol. The second-order valence-electron chi connectivity index (χ2n) is 7.43. The number of imide groups is 1. The van der Waals surface area contributed by atoms with E-state index >= 15 is 0 Å². The molecule has 27 heavy (non-hydrogen) atoms. The maximum Gasteiger partial charge on any atom is 0.406 e. The van der Waals surface area contributed by atoms with Gasteiger partial charge in [-0.2, -0.15) is 13.2 Å². The van der Waals surface area contributed by atoms with Crippen LogP contribution in [-0.4, -0.2) is 53.3 Å². The Balaban J connectivity index is 2.25. The molecule has 1 aromatic rings. The number of rotatable bonds is 4. The summed E-state index contributed by atoms with van der Waals surface area (Å²) >= 11 is 11.7. The Labute approximate surface area is 164 Å².